The van der Waals surface area contributed by atoms with Crippen LogP contribution in [0.2, 0.25) is 5.02 Å². The minimum absolute atomic E-state index is 0.487. The van der Waals surface area contributed by atoms with E-state index in [0.717, 1.165) is 0 Å². The van der Waals surface area contributed by atoms with Crippen LogP contribution in [0.25, 0.3) is 0 Å². The molecule has 1 nitrogen and oxygen atoms in total. The highest BCUT2D eigenvalue weighted by Crippen LogP contribution is 2.32. The third-order valence-electron chi connectivity index (χ3n) is 1.28. The smallest absolute Gasteiger partial charge is 0.184 e. The van der Waals surface area contributed by atoms with Crippen LogP contribution in [0.3, 0.4) is 0 Å². The number of nitrogen functional groups attached to an aromatic ring is 1. The van der Waals surface area contributed by atoms with E-state index >= 15 is 0 Å². The normalized spacial score (nSPS) is 10.4. The fraction of sp³-hybridized carbons (Fsp3) is 0. The van der Waals surface area contributed by atoms with E-state index < -0.39 is 33.1 Å². The first-order chi connectivity index (χ1) is 5.46. The van der Waals surface area contributed by atoms with E-state index in [2.05, 4.69) is 12.6 Å². The van der Waals surface area contributed by atoms with E-state index in [9.17, 15) is 13.2 Å². The Morgan fingerprint density at radius 1 is 1.08 bits per heavy atom. The van der Waals surface area contributed by atoms with Crippen LogP contribution in [0.15, 0.2) is 4.90 Å². The Morgan fingerprint density at radius 2 is 1.58 bits per heavy atom. The van der Waals surface area contributed by atoms with Crippen LogP contribution >= 0.6 is 24.2 Å². The molecule has 0 atom stereocenters. The van der Waals surface area contributed by atoms with Gasteiger partial charge in [0.2, 0.25) is 0 Å². The van der Waals surface area contributed by atoms with E-state index in [-0.39, 0.29) is 0 Å². The summed E-state index contributed by atoms with van der Waals surface area (Å²) in [4.78, 5) is -0.487. The standard InChI is InChI=1S/C6H3ClF3NS/c7-1-2(8)4(10)5(11)6(12)3(1)9/h12H,11H2. The number of benzene rings is 1. The second-order valence-corrected chi connectivity index (χ2v) is 2.84. The lowest BCUT2D eigenvalue weighted by Gasteiger charge is -2.05. The molecule has 66 valence electrons. The molecule has 12 heavy (non-hydrogen) atoms. The van der Waals surface area contributed by atoms with Crippen molar-refractivity contribution in [3.05, 3.63) is 22.5 Å². The first-order valence-electron chi connectivity index (χ1n) is 2.77. The zero-order valence-corrected chi connectivity index (χ0v) is 7.19. The van der Waals surface area contributed by atoms with Gasteiger partial charge >= 0.3 is 0 Å². The molecule has 0 aliphatic rings. The maximum absolute atomic E-state index is 12.7. The molecule has 1 aromatic rings. The third kappa shape index (κ3) is 1.23. The van der Waals surface area contributed by atoms with Gasteiger partial charge in [0, 0.05) is 0 Å². The second-order valence-electron chi connectivity index (χ2n) is 2.02. The second kappa shape index (κ2) is 3.06. The highest BCUT2D eigenvalue weighted by molar-refractivity contribution is 7.80. The molecular formula is C6H3ClF3NS. The molecule has 1 aromatic carbocycles. The van der Waals surface area contributed by atoms with Gasteiger partial charge in [-0.1, -0.05) is 11.6 Å². The van der Waals surface area contributed by atoms with Gasteiger partial charge < -0.3 is 5.73 Å². The predicted molar refractivity (Wildman–Crippen MR) is 43.0 cm³/mol. The van der Waals surface area contributed by atoms with Gasteiger partial charge in [0.1, 0.15) is 5.02 Å². The Labute approximate surface area is 76.7 Å². The number of halogens is 4. The number of anilines is 1. The number of rotatable bonds is 0. The van der Waals surface area contributed by atoms with Crippen LogP contribution in [-0.4, -0.2) is 0 Å². The maximum Gasteiger partial charge on any atom is 0.184 e. The topological polar surface area (TPSA) is 26.0 Å². The number of nitrogens with two attached hydrogens (primary N) is 1. The van der Waals surface area contributed by atoms with E-state index in [1.54, 1.807) is 0 Å². The van der Waals surface area contributed by atoms with E-state index in [1.165, 1.54) is 0 Å². The fourth-order valence-electron chi connectivity index (χ4n) is 0.637. The lowest BCUT2D eigenvalue weighted by atomic mass is 10.3. The summed E-state index contributed by atoms with van der Waals surface area (Å²) in [6.45, 7) is 0. The minimum Gasteiger partial charge on any atom is -0.395 e. The highest BCUT2D eigenvalue weighted by atomic mass is 35.5. The average molecular weight is 214 g/mol. The molecule has 0 heterocycles. The van der Waals surface area contributed by atoms with Gasteiger partial charge in [-0.25, -0.2) is 13.2 Å². The number of hydrogen-bond acceptors (Lipinski definition) is 2. The van der Waals surface area contributed by atoms with Crippen molar-refractivity contribution in [2.45, 2.75) is 4.90 Å². The molecule has 0 aliphatic carbocycles. The van der Waals surface area contributed by atoms with Crippen molar-refractivity contribution in [3.63, 3.8) is 0 Å². The van der Waals surface area contributed by atoms with Gasteiger partial charge in [-0.3, -0.25) is 0 Å². The molecule has 6 heteroatoms. The summed E-state index contributed by atoms with van der Waals surface area (Å²) >= 11 is 8.57. The summed E-state index contributed by atoms with van der Waals surface area (Å²) in [6, 6.07) is 0. The van der Waals surface area contributed by atoms with Crippen molar-refractivity contribution < 1.29 is 13.2 Å². The molecule has 1 rings (SSSR count). The van der Waals surface area contributed by atoms with Gasteiger partial charge in [-0.2, -0.15) is 0 Å². The molecule has 0 amide bonds. The van der Waals surface area contributed by atoms with Crippen LogP contribution in [0, 0.1) is 17.5 Å². The Hall–Kier alpha value is -0.550. The van der Waals surface area contributed by atoms with Crippen molar-refractivity contribution >= 4 is 29.9 Å². The van der Waals surface area contributed by atoms with Crippen molar-refractivity contribution in [3.8, 4) is 0 Å². The first-order valence-corrected chi connectivity index (χ1v) is 3.59. The molecule has 0 spiro atoms. The largest absolute Gasteiger partial charge is 0.395 e. The molecule has 0 bridgehead atoms. The summed E-state index contributed by atoms with van der Waals surface area (Å²) < 4.78 is 37.9. The Kier molecular flexibility index (Phi) is 2.44. The van der Waals surface area contributed by atoms with Crippen molar-refractivity contribution in [1.82, 2.24) is 0 Å². The summed E-state index contributed by atoms with van der Waals surface area (Å²) in [5.41, 5.74) is 4.28. The molecule has 0 unspecified atom stereocenters. The number of hydrogen-bond donors (Lipinski definition) is 2. The first kappa shape index (κ1) is 9.54. The molecule has 2 N–H and O–H groups in total. The third-order valence-corrected chi connectivity index (χ3v) is 2.05. The maximum atomic E-state index is 12.7. The zero-order chi connectivity index (χ0) is 9.46. The van der Waals surface area contributed by atoms with E-state index in [1.807, 2.05) is 0 Å². The average Bonchev–Trinajstić information content (AvgIpc) is 2.08. The van der Waals surface area contributed by atoms with Crippen molar-refractivity contribution in [2.75, 3.05) is 5.73 Å². The molecule has 0 fully saturated rings. The Morgan fingerprint density at radius 3 is 2.08 bits per heavy atom. The van der Waals surface area contributed by atoms with Crippen LogP contribution in [0.5, 0.6) is 0 Å². The molecular weight excluding hydrogens is 211 g/mol. The molecule has 0 radical (unpaired) electrons. The van der Waals surface area contributed by atoms with Crippen molar-refractivity contribution in [1.29, 1.82) is 0 Å². The van der Waals surface area contributed by atoms with Crippen LogP contribution in [0.4, 0.5) is 18.9 Å². The fourth-order valence-corrected chi connectivity index (χ4v) is 1.09. The quantitative estimate of drug-likeness (QED) is 0.295. The lowest BCUT2D eigenvalue weighted by molar-refractivity contribution is 0.491. The van der Waals surface area contributed by atoms with Crippen LogP contribution in [0.1, 0.15) is 0 Å². The van der Waals surface area contributed by atoms with Gasteiger partial charge in [-0.15, -0.1) is 12.6 Å². The summed E-state index contributed by atoms with van der Waals surface area (Å²) in [6.07, 6.45) is 0. The monoisotopic (exact) mass is 213 g/mol. The van der Waals surface area contributed by atoms with E-state index in [0.29, 0.717) is 0 Å². The molecule has 0 saturated heterocycles. The van der Waals surface area contributed by atoms with Gasteiger partial charge in [-0.05, 0) is 0 Å². The molecule has 0 aromatic heterocycles. The Balaban J connectivity index is 3.60. The minimum atomic E-state index is -1.50. The zero-order valence-electron chi connectivity index (χ0n) is 5.54. The van der Waals surface area contributed by atoms with Gasteiger partial charge in [0.05, 0.1) is 10.6 Å². The predicted octanol–water partition coefficient (Wildman–Crippen LogP) is 2.63. The molecule has 0 aliphatic heterocycles. The van der Waals surface area contributed by atoms with Crippen molar-refractivity contribution in [2.24, 2.45) is 0 Å². The summed E-state index contributed by atoms with van der Waals surface area (Å²) in [7, 11) is 0. The van der Waals surface area contributed by atoms with E-state index in [4.69, 9.17) is 17.3 Å². The highest BCUT2D eigenvalue weighted by Gasteiger charge is 2.19. The summed E-state index contributed by atoms with van der Waals surface area (Å²) in [5.74, 6) is -4.03. The van der Waals surface area contributed by atoms with Crippen LogP contribution < -0.4 is 5.73 Å². The van der Waals surface area contributed by atoms with Crippen LogP contribution in [-0.2, 0) is 0 Å². The number of thiol groups is 1. The Bertz CT molecular complexity index is 237. The van der Waals surface area contributed by atoms with Gasteiger partial charge in [0.25, 0.3) is 0 Å². The SMILES string of the molecule is Nc1c(F)c(F)c(Cl)c(F)c1S. The molecule has 0 saturated carbocycles. The van der Waals surface area contributed by atoms with Gasteiger partial charge in [0.15, 0.2) is 17.5 Å². The lowest BCUT2D eigenvalue weighted by Crippen LogP contribution is -2.00. The summed E-state index contributed by atoms with van der Waals surface area (Å²) in [5, 5.41) is -0.938.